The zero-order valence-corrected chi connectivity index (χ0v) is 9.65. The summed E-state index contributed by atoms with van der Waals surface area (Å²) in [4.78, 5) is 14.2. The molecule has 1 N–H and O–H groups in total. The monoisotopic (exact) mass is 224 g/mol. The van der Waals surface area contributed by atoms with Crippen LogP contribution in [0.5, 0.6) is 0 Å². The highest BCUT2D eigenvalue weighted by molar-refractivity contribution is 5.81. The van der Waals surface area contributed by atoms with E-state index in [-0.39, 0.29) is 12.0 Å². The van der Waals surface area contributed by atoms with Crippen LogP contribution in [-0.4, -0.2) is 49.7 Å². The molecule has 90 valence electrons. The van der Waals surface area contributed by atoms with Crippen molar-refractivity contribution in [3.05, 3.63) is 0 Å². The van der Waals surface area contributed by atoms with E-state index < -0.39 is 0 Å². The van der Waals surface area contributed by atoms with Crippen molar-refractivity contribution in [1.82, 2.24) is 10.2 Å². The van der Waals surface area contributed by atoms with Gasteiger partial charge in [-0.2, -0.15) is 0 Å². The number of hydrogen-bond acceptors (Lipinski definition) is 3. The smallest absolute Gasteiger partial charge is 0.251 e. The van der Waals surface area contributed by atoms with Gasteiger partial charge in [0.15, 0.2) is 0 Å². The number of hydrogen-bond donors (Lipinski definition) is 1. The summed E-state index contributed by atoms with van der Waals surface area (Å²) in [6, 6.07) is 0. The maximum absolute atomic E-state index is 12.2. The number of amides is 1. The van der Waals surface area contributed by atoms with Gasteiger partial charge in [-0.1, -0.05) is 0 Å². The number of carbonyl (C=O) groups excluding carboxylic acids is 1. The molecule has 0 bridgehead atoms. The number of fused-ring (bicyclic) bond motifs is 1. The zero-order valence-electron chi connectivity index (χ0n) is 9.65. The highest BCUT2D eigenvalue weighted by atomic mass is 16.5. The van der Waals surface area contributed by atoms with Crippen molar-refractivity contribution in [2.45, 2.75) is 25.4 Å². The van der Waals surface area contributed by atoms with Crippen LogP contribution in [0, 0.1) is 11.8 Å². The first-order valence-electron chi connectivity index (χ1n) is 6.45. The number of nitrogens with one attached hydrogen (secondary N) is 1. The lowest BCUT2D eigenvalue weighted by Gasteiger charge is -2.35. The van der Waals surface area contributed by atoms with Crippen molar-refractivity contribution in [1.29, 1.82) is 0 Å². The second kappa shape index (κ2) is 4.34. The summed E-state index contributed by atoms with van der Waals surface area (Å²) in [5.74, 6) is 1.72. The summed E-state index contributed by atoms with van der Waals surface area (Å²) in [5, 5.41) is 3.42. The second-order valence-electron chi connectivity index (χ2n) is 5.25. The minimum Gasteiger partial charge on any atom is -0.368 e. The van der Waals surface area contributed by atoms with Gasteiger partial charge < -0.3 is 15.0 Å². The fraction of sp³-hybridized carbons (Fsp3) is 0.917. The van der Waals surface area contributed by atoms with Gasteiger partial charge in [0.25, 0.3) is 5.91 Å². The minimum atomic E-state index is -0.133. The lowest BCUT2D eigenvalue weighted by Crippen LogP contribution is -2.47. The standard InChI is InChI=1S/C12H20N2O2/c15-12(11-2-1-5-16-11)14-4-3-9-6-13-7-10(9)8-14/h9-11,13H,1-8H2. The third-order valence-corrected chi connectivity index (χ3v) is 4.22. The van der Waals surface area contributed by atoms with Gasteiger partial charge in [0.1, 0.15) is 6.10 Å². The van der Waals surface area contributed by atoms with E-state index >= 15 is 0 Å². The summed E-state index contributed by atoms with van der Waals surface area (Å²) >= 11 is 0. The minimum absolute atomic E-state index is 0.133. The largest absolute Gasteiger partial charge is 0.368 e. The van der Waals surface area contributed by atoms with Gasteiger partial charge in [-0.3, -0.25) is 4.79 Å². The molecule has 3 unspecified atom stereocenters. The Bertz CT molecular complexity index is 276. The SMILES string of the molecule is O=C(C1CCCO1)N1CCC2CNCC2C1. The molecule has 0 aromatic rings. The molecule has 3 rings (SSSR count). The highest BCUT2D eigenvalue weighted by Crippen LogP contribution is 2.27. The van der Waals surface area contributed by atoms with Gasteiger partial charge in [-0.15, -0.1) is 0 Å². The molecule has 0 spiro atoms. The van der Waals surface area contributed by atoms with Crippen LogP contribution < -0.4 is 5.32 Å². The Hall–Kier alpha value is -0.610. The molecule has 4 nitrogen and oxygen atoms in total. The van der Waals surface area contributed by atoms with Crippen LogP contribution in [0.2, 0.25) is 0 Å². The van der Waals surface area contributed by atoms with Crippen molar-refractivity contribution in [3.63, 3.8) is 0 Å². The third kappa shape index (κ3) is 1.84. The first-order chi connectivity index (χ1) is 7.84. The van der Waals surface area contributed by atoms with Gasteiger partial charge in [-0.25, -0.2) is 0 Å². The lowest BCUT2D eigenvalue weighted by atomic mass is 9.88. The molecule has 16 heavy (non-hydrogen) atoms. The van der Waals surface area contributed by atoms with E-state index in [4.69, 9.17) is 4.74 Å². The normalized spacial score (nSPS) is 38.8. The van der Waals surface area contributed by atoms with E-state index in [1.807, 2.05) is 4.90 Å². The molecular formula is C12H20N2O2. The van der Waals surface area contributed by atoms with E-state index in [1.165, 1.54) is 0 Å². The third-order valence-electron chi connectivity index (χ3n) is 4.22. The van der Waals surface area contributed by atoms with Crippen LogP contribution in [0.3, 0.4) is 0 Å². The van der Waals surface area contributed by atoms with Crippen LogP contribution in [0.4, 0.5) is 0 Å². The number of rotatable bonds is 1. The Morgan fingerprint density at radius 3 is 2.94 bits per heavy atom. The van der Waals surface area contributed by atoms with Crippen molar-refractivity contribution in [2.24, 2.45) is 11.8 Å². The van der Waals surface area contributed by atoms with Gasteiger partial charge in [0.2, 0.25) is 0 Å². The summed E-state index contributed by atoms with van der Waals surface area (Å²) in [7, 11) is 0. The van der Waals surface area contributed by atoms with Crippen LogP contribution >= 0.6 is 0 Å². The molecule has 3 aliphatic heterocycles. The molecule has 0 aromatic carbocycles. The zero-order chi connectivity index (χ0) is 11.0. The molecule has 3 fully saturated rings. The van der Waals surface area contributed by atoms with Gasteiger partial charge in [-0.05, 0) is 44.2 Å². The van der Waals surface area contributed by atoms with E-state index in [0.717, 1.165) is 58.0 Å². The molecule has 3 atom stereocenters. The summed E-state index contributed by atoms with van der Waals surface area (Å²) < 4.78 is 5.47. The van der Waals surface area contributed by atoms with Crippen LogP contribution in [0.15, 0.2) is 0 Å². The maximum atomic E-state index is 12.2. The van der Waals surface area contributed by atoms with Crippen molar-refractivity contribution < 1.29 is 9.53 Å². The number of piperidine rings is 1. The van der Waals surface area contributed by atoms with E-state index in [2.05, 4.69) is 5.32 Å². The molecule has 4 heteroatoms. The quantitative estimate of drug-likeness (QED) is 0.693. The number of likely N-dealkylation sites (tertiary alicyclic amines) is 1. The number of ether oxygens (including phenoxy) is 1. The topological polar surface area (TPSA) is 41.6 Å². The molecule has 1 amide bonds. The van der Waals surface area contributed by atoms with Gasteiger partial charge in [0, 0.05) is 19.7 Å². The summed E-state index contributed by atoms with van der Waals surface area (Å²) in [6.07, 6.45) is 2.99. The summed E-state index contributed by atoms with van der Waals surface area (Å²) in [6.45, 7) is 4.86. The van der Waals surface area contributed by atoms with Crippen LogP contribution in [0.1, 0.15) is 19.3 Å². The predicted molar refractivity (Wildman–Crippen MR) is 60.0 cm³/mol. The average Bonchev–Trinajstić information content (AvgIpc) is 2.98. The fourth-order valence-corrected chi connectivity index (χ4v) is 3.21. The average molecular weight is 224 g/mol. The van der Waals surface area contributed by atoms with Crippen molar-refractivity contribution >= 4 is 5.91 Å². The molecule has 0 aromatic heterocycles. The maximum Gasteiger partial charge on any atom is 0.251 e. The molecule has 0 radical (unpaired) electrons. The molecule has 3 heterocycles. The molecule has 0 aliphatic carbocycles. The first kappa shape index (κ1) is 10.5. The van der Waals surface area contributed by atoms with Crippen LogP contribution in [-0.2, 0) is 9.53 Å². The Morgan fingerprint density at radius 2 is 2.12 bits per heavy atom. The van der Waals surface area contributed by atoms with Gasteiger partial charge in [0.05, 0.1) is 0 Å². The van der Waals surface area contributed by atoms with Crippen molar-refractivity contribution in [2.75, 3.05) is 32.8 Å². The second-order valence-corrected chi connectivity index (χ2v) is 5.25. The Labute approximate surface area is 96.3 Å². The van der Waals surface area contributed by atoms with Crippen LogP contribution in [0.25, 0.3) is 0 Å². The van der Waals surface area contributed by atoms with E-state index in [0.29, 0.717) is 5.92 Å². The highest BCUT2D eigenvalue weighted by Gasteiger charge is 2.37. The fourth-order valence-electron chi connectivity index (χ4n) is 3.21. The Kier molecular flexibility index (Phi) is 2.86. The van der Waals surface area contributed by atoms with Crippen molar-refractivity contribution in [3.8, 4) is 0 Å². The Balaban J connectivity index is 1.60. The lowest BCUT2D eigenvalue weighted by molar-refractivity contribution is -0.143. The molecule has 3 aliphatic rings. The molecule has 0 saturated carbocycles. The number of carbonyl (C=O) groups is 1. The van der Waals surface area contributed by atoms with Gasteiger partial charge >= 0.3 is 0 Å². The van der Waals surface area contributed by atoms with E-state index in [1.54, 1.807) is 0 Å². The predicted octanol–water partition coefficient (Wildman–Crippen LogP) is 0.233. The summed E-state index contributed by atoms with van der Waals surface area (Å²) in [5.41, 5.74) is 0. The number of nitrogens with zero attached hydrogens (tertiary/aromatic N) is 1. The Morgan fingerprint density at radius 1 is 1.25 bits per heavy atom. The molecule has 3 saturated heterocycles. The molecular weight excluding hydrogens is 204 g/mol. The first-order valence-corrected chi connectivity index (χ1v) is 6.45. The van der Waals surface area contributed by atoms with E-state index in [9.17, 15) is 4.79 Å².